The van der Waals surface area contributed by atoms with Crippen LogP contribution in [0.5, 0.6) is 11.5 Å². The maximum atomic E-state index is 13.2. The molecule has 0 bridgehead atoms. The SMILES string of the molecule is COc1ccc([C@@H]2C=C(C(=O)N3CCCC3)O[C@H](OCCN(CCO)S(=O)(=O)c3ccc(OC)cc3)C2)cc1. The summed E-state index contributed by atoms with van der Waals surface area (Å²) in [5, 5.41) is 9.52. The summed E-state index contributed by atoms with van der Waals surface area (Å²) in [6.45, 7) is 0.971. The van der Waals surface area contributed by atoms with Gasteiger partial charge in [0.1, 0.15) is 11.5 Å². The molecule has 0 aromatic heterocycles. The maximum absolute atomic E-state index is 13.2. The van der Waals surface area contributed by atoms with Gasteiger partial charge in [-0.2, -0.15) is 4.31 Å². The van der Waals surface area contributed by atoms with E-state index >= 15 is 0 Å². The van der Waals surface area contributed by atoms with Crippen LogP contribution in [0.15, 0.2) is 65.3 Å². The topological polar surface area (TPSA) is 115 Å². The minimum atomic E-state index is -3.87. The van der Waals surface area contributed by atoms with Gasteiger partial charge in [0.25, 0.3) is 5.91 Å². The van der Waals surface area contributed by atoms with Crippen molar-refractivity contribution in [3.63, 3.8) is 0 Å². The molecule has 2 atom stereocenters. The quantitative estimate of drug-likeness (QED) is 0.422. The number of nitrogens with zero attached hydrogens (tertiary/aromatic N) is 2. The van der Waals surface area contributed by atoms with Gasteiger partial charge >= 0.3 is 0 Å². The Bertz CT molecular complexity index is 1230. The first-order valence-corrected chi connectivity index (χ1v) is 14.5. The molecule has 0 unspecified atom stereocenters. The molecular weight excluding hydrogens is 524 g/mol. The summed E-state index contributed by atoms with van der Waals surface area (Å²) < 4.78 is 49.9. The third-order valence-electron chi connectivity index (χ3n) is 6.90. The van der Waals surface area contributed by atoms with Crippen molar-refractivity contribution in [3.8, 4) is 11.5 Å². The Labute approximate surface area is 229 Å². The summed E-state index contributed by atoms with van der Waals surface area (Å²) in [5.74, 6) is 1.22. The standard InChI is InChI=1S/C28H36N2O8S/c1-35-23-7-5-21(6-8-23)22-19-26(28(32)29-13-3-4-14-29)38-27(20-22)37-18-16-30(15-17-31)39(33,34)25-11-9-24(36-2)10-12-25/h5-12,19,22,27,31H,3-4,13-18,20H2,1-2H3/t22-,27+/m1/s1. The molecule has 2 aromatic carbocycles. The first kappa shape index (κ1) is 28.9. The van der Waals surface area contributed by atoms with E-state index in [2.05, 4.69) is 0 Å². The van der Waals surface area contributed by atoms with Crippen LogP contribution in [0.25, 0.3) is 0 Å². The normalized spacial score (nSPS) is 19.5. The van der Waals surface area contributed by atoms with Gasteiger partial charge in [0.15, 0.2) is 5.76 Å². The highest BCUT2D eigenvalue weighted by Crippen LogP contribution is 2.33. The summed E-state index contributed by atoms with van der Waals surface area (Å²) in [7, 11) is -0.763. The number of aliphatic hydroxyl groups is 1. The van der Waals surface area contributed by atoms with Crippen LogP contribution in [0.1, 0.15) is 30.7 Å². The Balaban J connectivity index is 1.46. The minimum Gasteiger partial charge on any atom is -0.497 e. The van der Waals surface area contributed by atoms with Gasteiger partial charge in [0.05, 0.1) is 32.3 Å². The van der Waals surface area contributed by atoms with Crippen LogP contribution in [0.3, 0.4) is 0 Å². The molecule has 0 spiro atoms. The number of ether oxygens (including phenoxy) is 4. The molecule has 10 nitrogen and oxygen atoms in total. The minimum absolute atomic E-state index is 0.00110. The highest BCUT2D eigenvalue weighted by atomic mass is 32.2. The molecule has 212 valence electrons. The molecule has 39 heavy (non-hydrogen) atoms. The van der Waals surface area contributed by atoms with Crippen LogP contribution in [0.2, 0.25) is 0 Å². The molecule has 1 amide bonds. The predicted octanol–water partition coefficient (Wildman–Crippen LogP) is 2.74. The van der Waals surface area contributed by atoms with E-state index in [9.17, 15) is 18.3 Å². The molecule has 4 rings (SSSR count). The number of sulfonamides is 1. The van der Waals surface area contributed by atoms with Gasteiger partial charge in [-0.3, -0.25) is 4.79 Å². The van der Waals surface area contributed by atoms with Gasteiger partial charge in [-0.1, -0.05) is 12.1 Å². The van der Waals surface area contributed by atoms with Gasteiger partial charge < -0.3 is 29.0 Å². The number of carbonyl (C=O) groups excluding carboxylic acids is 1. The van der Waals surface area contributed by atoms with Crippen LogP contribution in [-0.4, -0.2) is 88.5 Å². The molecule has 2 aliphatic heterocycles. The fourth-order valence-electron chi connectivity index (χ4n) is 4.72. The maximum Gasteiger partial charge on any atom is 0.288 e. The molecule has 1 fully saturated rings. The zero-order valence-corrected chi connectivity index (χ0v) is 23.1. The average Bonchev–Trinajstić information content (AvgIpc) is 3.51. The second-order valence-electron chi connectivity index (χ2n) is 9.37. The average molecular weight is 561 g/mol. The van der Waals surface area contributed by atoms with E-state index in [1.807, 2.05) is 30.3 Å². The van der Waals surface area contributed by atoms with E-state index in [0.29, 0.717) is 25.3 Å². The number of aliphatic hydroxyl groups excluding tert-OH is 1. The van der Waals surface area contributed by atoms with Crippen molar-refractivity contribution in [3.05, 3.63) is 65.9 Å². The van der Waals surface area contributed by atoms with E-state index in [1.54, 1.807) is 24.1 Å². The third-order valence-corrected chi connectivity index (χ3v) is 8.81. The summed E-state index contributed by atoms with van der Waals surface area (Å²) in [6.07, 6.45) is 3.47. The third kappa shape index (κ3) is 7.10. The molecule has 2 aromatic rings. The monoisotopic (exact) mass is 560 g/mol. The van der Waals surface area contributed by atoms with Gasteiger partial charge in [-0.05, 0) is 60.9 Å². The van der Waals surface area contributed by atoms with Crippen molar-refractivity contribution in [2.45, 2.75) is 36.4 Å². The van der Waals surface area contributed by atoms with Crippen molar-refractivity contribution in [2.75, 3.05) is 53.6 Å². The highest BCUT2D eigenvalue weighted by Gasteiger charge is 2.32. The van der Waals surface area contributed by atoms with E-state index in [0.717, 1.165) is 24.2 Å². The molecule has 1 saturated heterocycles. The highest BCUT2D eigenvalue weighted by molar-refractivity contribution is 7.89. The molecule has 0 aliphatic carbocycles. The number of likely N-dealkylation sites (tertiary alicyclic amines) is 1. The molecule has 0 radical (unpaired) electrons. The van der Waals surface area contributed by atoms with Crippen molar-refractivity contribution >= 4 is 15.9 Å². The fraction of sp³-hybridized carbons (Fsp3) is 0.464. The first-order chi connectivity index (χ1) is 18.8. The van der Waals surface area contributed by atoms with Crippen LogP contribution < -0.4 is 9.47 Å². The Morgan fingerprint density at radius 1 is 1.00 bits per heavy atom. The number of hydrogen-bond acceptors (Lipinski definition) is 8. The van der Waals surface area contributed by atoms with Crippen molar-refractivity contribution in [1.82, 2.24) is 9.21 Å². The Hall–Kier alpha value is -3.12. The summed E-state index contributed by atoms with van der Waals surface area (Å²) in [4.78, 5) is 15.0. The van der Waals surface area contributed by atoms with E-state index < -0.39 is 16.3 Å². The zero-order chi connectivity index (χ0) is 27.8. The van der Waals surface area contributed by atoms with Gasteiger partial charge in [-0.15, -0.1) is 0 Å². The van der Waals surface area contributed by atoms with Crippen LogP contribution in [0, 0.1) is 0 Å². The number of amides is 1. The predicted molar refractivity (Wildman–Crippen MR) is 144 cm³/mol. The lowest BCUT2D eigenvalue weighted by Crippen LogP contribution is -2.38. The summed E-state index contributed by atoms with van der Waals surface area (Å²) >= 11 is 0. The second kappa shape index (κ2) is 13.3. The lowest BCUT2D eigenvalue weighted by atomic mass is 9.92. The van der Waals surface area contributed by atoms with E-state index in [1.165, 1.54) is 23.5 Å². The Morgan fingerprint density at radius 2 is 1.62 bits per heavy atom. The molecule has 0 saturated carbocycles. The first-order valence-electron chi connectivity index (χ1n) is 13.0. The fourth-order valence-corrected chi connectivity index (χ4v) is 6.13. The van der Waals surface area contributed by atoms with E-state index in [-0.39, 0.29) is 48.8 Å². The Morgan fingerprint density at radius 3 is 2.21 bits per heavy atom. The summed E-state index contributed by atoms with van der Waals surface area (Å²) in [5.41, 5.74) is 0.989. The van der Waals surface area contributed by atoms with Crippen molar-refractivity contribution in [2.24, 2.45) is 0 Å². The number of benzene rings is 2. The van der Waals surface area contributed by atoms with E-state index in [4.69, 9.17) is 18.9 Å². The van der Waals surface area contributed by atoms with Crippen LogP contribution in [-0.2, 0) is 24.3 Å². The number of rotatable bonds is 12. The summed E-state index contributed by atoms with van der Waals surface area (Å²) in [6, 6.07) is 13.7. The largest absolute Gasteiger partial charge is 0.497 e. The zero-order valence-electron chi connectivity index (χ0n) is 22.3. The lowest BCUT2D eigenvalue weighted by molar-refractivity contribution is -0.152. The van der Waals surface area contributed by atoms with Gasteiger partial charge in [-0.25, -0.2) is 8.42 Å². The smallest absolute Gasteiger partial charge is 0.288 e. The molecule has 2 heterocycles. The second-order valence-corrected chi connectivity index (χ2v) is 11.3. The molecule has 1 N–H and O–H groups in total. The van der Waals surface area contributed by atoms with Crippen LogP contribution in [0.4, 0.5) is 0 Å². The number of methoxy groups -OCH3 is 2. The molecular formula is C28H36N2O8S. The number of hydrogen-bond donors (Lipinski definition) is 1. The van der Waals surface area contributed by atoms with Crippen LogP contribution >= 0.6 is 0 Å². The number of allylic oxidation sites excluding steroid dienone is 1. The van der Waals surface area contributed by atoms with Gasteiger partial charge in [0.2, 0.25) is 16.3 Å². The van der Waals surface area contributed by atoms with Crippen molar-refractivity contribution in [1.29, 1.82) is 0 Å². The molecule has 2 aliphatic rings. The van der Waals surface area contributed by atoms with Crippen molar-refractivity contribution < 1.29 is 37.3 Å². The Kier molecular flexibility index (Phi) is 9.84. The number of carbonyl (C=O) groups is 1. The lowest BCUT2D eigenvalue weighted by Gasteiger charge is -2.31. The van der Waals surface area contributed by atoms with Gasteiger partial charge in [0, 0.05) is 38.5 Å². The molecule has 11 heteroatoms.